The van der Waals surface area contributed by atoms with Gasteiger partial charge in [-0.2, -0.15) is 0 Å². The molecule has 2 aromatic rings. The van der Waals surface area contributed by atoms with E-state index in [2.05, 4.69) is 20.9 Å². The summed E-state index contributed by atoms with van der Waals surface area (Å²) in [5, 5.41) is 18.4. The van der Waals surface area contributed by atoms with E-state index in [-0.39, 0.29) is 0 Å². The Morgan fingerprint density at radius 2 is 1.29 bits per heavy atom. The number of benzene rings is 2. The Kier molecular flexibility index (Phi) is 6.94. The van der Waals surface area contributed by atoms with Crippen LogP contribution in [-0.4, -0.2) is 35.2 Å². The van der Waals surface area contributed by atoms with E-state index in [0.29, 0.717) is 31.2 Å². The van der Waals surface area contributed by atoms with Gasteiger partial charge in [-0.15, -0.1) is 0 Å². The summed E-state index contributed by atoms with van der Waals surface area (Å²) in [5.74, 6) is 0.862. The third kappa shape index (κ3) is 5.19. The van der Waals surface area contributed by atoms with E-state index >= 15 is 0 Å². The molecule has 0 amide bonds. The summed E-state index contributed by atoms with van der Waals surface area (Å²) in [6.45, 7) is 3.02. The summed E-state index contributed by atoms with van der Waals surface area (Å²) < 4.78 is 0. The number of amidine groups is 2. The lowest BCUT2D eigenvalue weighted by molar-refractivity contribution is 0.234. The molecule has 6 heteroatoms. The molecule has 0 aliphatic rings. The number of nitrogens with zero attached hydrogens (tertiary/aromatic N) is 2. The minimum absolute atomic E-state index is 0.429. The van der Waals surface area contributed by atoms with Crippen LogP contribution in [0.1, 0.15) is 23.1 Å². The molecule has 0 aromatic heterocycles. The number of rotatable bonds is 6. The van der Waals surface area contributed by atoms with Crippen LogP contribution in [0.2, 0.25) is 0 Å². The summed E-state index contributed by atoms with van der Waals surface area (Å²) in [7, 11) is 0. The van der Waals surface area contributed by atoms with Crippen LogP contribution >= 0.6 is 0 Å². The maximum absolute atomic E-state index is 9.23. The van der Waals surface area contributed by atoms with Gasteiger partial charge >= 0.3 is 0 Å². The van der Waals surface area contributed by atoms with E-state index in [9.17, 15) is 10.4 Å². The van der Waals surface area contributed by atoms with Crippen molar-refractivity contribution >= 4 is 11.7 Å². The minimum atomic E-state index is 0.429. The number of aliphatic imine (C=N–C) groups is 2. The molecule has 0 radical (unpaired) electrons. The van der Waals surface area contributed by atoms with Crippen molar-refractivity contribution in [1.29, 1.82) is 0 Å². The van der Waals surface area contributed by atoms with Crippen molar-refractivity contribution in [1.82, 2.24) is 11.0 Å². The molecule has 0 fully saturated rings. The van der Waals surface area contributed by atoms with Crippen LogP contribution in [-0.2, 0) is 0 Å². The second-order valence-electron chi connectivity index (χ2n) is 5.27. The molecule has 2 rings (SSSR count). The summed E-state index contributed by atoms with van der Waals surface area (Å²) in [6.07, 6.45) is 0.690. The SMILES string of the molecule is Cc1ccc(C(=NCCCN=C(NO)c2ccccc2)NO)cc1. The van der Waals surface area contributed by atoms with Crippen LogP contribution in [0.4, 0.5) is 0 Å². The standard InChI is InChI=1S/C18H22N4O2/c1-14-8-10-16(11-9-14)18(22-24)20-13-5-12-19-17(21-23)15-6-3-2-4-7-15/h2-4,6-11,23-24H,5,12-13H2,1H3,(H,19,21)(H,20,22). The van der Waals surface area contributed by atoms with Crippen LogP contribution < -0.4 is 11.0 Å². The third-order valence-corrected chi connectivity index (χ3v) is 3.44. The van der Waals surface area contributed by atoms with Crippen molar-refractivity contribution in [2.45, 2.75) is 13.3 Å². The molecule has 24 heavy (non-hydrogen) atoms. The van der Waals surface area contributed by atoms with Crippen LogP contribution in [0.5, 0.6) is 0 Å². The Morgan fingerprint density at radius 1 is 0.792 bits per heavy atom. The highest BCUT2D eigenvalue weighted by atomic mass is 16.5. The lowest BCUT2D eigenvalue weighted by Gasteiger charge is -2.06. The van der Waals surface area contributed by atoms with Gasteiger partial charge in [-0.1, -0.05) is 60.2 Å². The third-order valence-electron chi connectivity index (χ3n) is 3.44. The summed E-state index contributed by atoms with van der Waals surface area (Å²) in [4.78, 5) is 8.66. The molecule has 0 saturated heterocycles. The quantitative estimate of drug-likeness (QED) is 0.284. The first-order valence-corrected chi connectivity index (χ1v) is 7.76. The highest BCUT2D eigenvalue weighted by Gasteiger charge is 2.02. The summed E-state index contributed by atoms with van der Waals surface area (Å²) >= 11 is 0. The predicted molar refractivity (Wildman–Crippen MR) is 94.9 cm³/mol. The predicted octanol–water partition coefficient (Wildman–Crippen LogP) is 2.54. The Bertz CT molecular complexity index is 682. The highest BCUT2D eigenvalue weighted by Crippen LogP contribution is 2.04. The zero-order valence-corrected chi connectivity index (χ0v) is 13.6. The first kappa shape index (κ1) is 17.7. The smallest absolute Gasteiger partial charge is 0.152 e. The molecular formula is C18H22N4O2. The van der Waals surface area contributed by atoms with E-state index in [0.717, 1.165) is 16.7 Å². The van der Waals surface area contributed by atoms with Crippen molar-refractivity contribution in [2.75, 3.05) is 13.1 Å². The molecule has 0 heterocycles. The lowest BCUT2D eigenvalue weighted by Crippen LogP contribution is -2.21. The fourth-order valence-electron chi connectivity index (χ4n) is 2.14. The second kappa shape index (κ2) is 9.44. The van der Waals surface area contributed by atoms with Gasteiger partial charge in [0.2, 0.25) is 0 Å². The maximum atomic E-state index is 9.23. The number of aryl methyl sites for hydroxylation is 1. The Balaban J connectivity index is 1.90. The molecule has 126 valence electrons. The first-order chi connectivity index (χ1) is 11.7. The van der Waals surface area contributed by atoms with Crippen LogP contribution in [0.3, 0.4) is 0 Å². The molecule has 6 nitrogen and oxygen atoms in total. The van der Waals surface area contributed by atoms with Gasteiger partial charge in [-0.25, -0.2) is 0 Å². The molecule has 0 unspecified atom stereocenters. The average Bonchev–Trinajstić information content (AvgIpc) is 2.63. The van der Waals surface area contributed by atoms with E-state index < -0.39 is 0 Å². The van der Waals surface area contributed by atoms with Gasteiger partial charge in [-0.3, -0.25) is 31.4 Å². The van der Waals surface area contributed by atoms with Gasteiger partial charge in [0.1, 0.15) is 0 Å². The number of hydroxylamine groups is 2. The Morgan fingerprint density at radius 3 is 1.79 bits per heavy atom. The van der Waals surface area contributed by atoms with Crippen molar-refractivity contribution in [3.63, 3.8) is 0 Å². The van der Waals surface area contributed by atoms with Crippen molar-refractivity contribution in [3.8, 4) is 0 Å². The number of nitrogens with one attached hydrogen (secondary N) is 2. The average molecular weight is 326 g/mol. The van der Waals surface area contributed by atoms with E-state index in [1.807, 2.05) is 61.5 Å². The molecule has 0 aliphatic carbocycles. The fourth-order valence-corrected chi connectivity index (χ4v) is 2.14. The van der Waals surface area contributed by atoms with Gasteiger partial charge in [-0.05, 0) is 13.3 Å². The van der Waals surface area contributed by atoms with Gasteiger partial charge in [0.25, 0.3) is 0 Å². The lowest BCUT2D eigenvalue weighted by atomic mass is 10.1. The van der Waals surface area contributed by atoms with Gasteiger partial charge < -0.3 is 0 Å². The molecule has 4 N–H and O–H groups in total. The van der Waals surface area contributed by atoms with Crippen molar-refractivity contribution in [3.05, 3.63) is 71.3 Å². The van der Waals surface area contributed by atoms with E-state index in [1.165, 1.54) is 0 Å². The fraction of sp³-hybridized carbons (Fsp3) is 0.222. The molecule has 0 atom stereocenters. The monoisotopic (exact) mass is 326 g/mol. The summed E-state index contributed by atoms with van der Waals surface area (Å²) in [6, 6.07) is 17.1. The summed E-state index contributed by atoms with van der Waals surface area (Å²) in [5.41, 5.74) is 7.05. The molecular weight excluding hydrogens is 304 g/mol. The van der Waals surface area contributed by atoms with Crippen LogP contribution in [0.25, 0.3) is 0 Å². The normalized spacial score (nSPS) is 12.1. The molecule has 0 bridgehead atoms. The number of hydrogen-bond donors (Lipinski definition) is 4. The van der Waals surface area contributed by atoms with E-state index in [4.69, 9.17) is 0 Å². The molecule has 2 aromatic carbocycles. The maximum Gasteiger partial charge on any atom is 0.152 e. The van der Waals surface area contributed by atoms with Gasteiger partial charge in [0, 0.05) is 24.2 Å². The van der Waals surface area contributed by atoms with Gasteiger partial charge in [0.05, 0.1) is 0 Å². The second-order valence-corrected chi connectivity index (χ2v) is 5.27. The van der Waals surface area contributed by atoms with Crippen molar-refractivity contribution < 1.29 is 10.4 Å². The number of hydrogen-bond acceptors (Lipinski definition) is 4. The van der Waals surface area contributed by atoms with Crippen molar-refractivity contribution in [2.24, 2.45) is 9.98 Å². The Labute approximate surface area is 141 Å². The van der Waals surface area contributed by atoms with Crippen LogP contribution in [0.15, 0.2) is 64.6 Å². The van der Waals surface area contributed by atoms with Crippen LogP contribution in [0, 0.1) is 6.92 Å². The van der Waals surface area contributed by atoms with E-state index in [1.54, 1.807) is 0 Å². The zero-order valence-electron chi connectivity index (χ0n) is 13.6. The largest absolute Gasteiger partial charge is 0.290 e. The minimum Gasteiger partial charge on any atom is -0.290 e. The first-order valence-electron chi connectivity index (χ1n) is 7.76. The zero-order chi connectivity index (χ0) is 17.2. The Hall–Kier alpha value is -2.70. The van der Waals surface area contributed by atoms with Gasteiger partial charge in [0.15, 0.2) is 11.7 Å². The highest BCUT2D eigenvalue weighted by molar-refractivity contribution is 5.98. The topological polar surface area (TPSA) is 89.2 Å². The molecule has 0 spiro atoms. The molecule has 0 saturated carbocycles. The molecule has 0 aliphatic heterocycles.